The summed E-state index contributed by atoms with van der Waals surface area (Å²) < 4.78 is 64.7. The van der Waals surface area contributed by atoms with Gasteiger partial charge in [-0.3, -0.25) is 0 Å². The van der Waals surface area contributed by atoms with Crippen molar-refractivity contribution < 1.29 is 62.3 Å². The van der Waals surface area contributed by atoms with Crippen molar-refractivity contribution in [3.05, 3.63) is 179 Å². The van der Waals surface area contributed by atoms with E-state index in [1.165, 1.54) is 0 Å². The van der Waals surface area contributed by atoms with Crippen LogP contribution in [-0.2, 0) is 85.1 Å². The van der Waals surface area contributed by atoms with Crippen LogP contribution in [0.4, 0.5) is 0 Å². The summed E-state index contributed by atoms with van der Waals surface area (Å²) in [6.45, 7) is 14.3. The summed E-state index contributed by atoms with van der Waals surface area (Å²) in [4.78, 5) is 0. The first-order chi connectivity index (χ1) is 36.0. The van der Waals surface area contributed by atoms with Crippen LogP contribution in [0.15, 0.2) is 152 Å². The van der Waals surface area contributed by atoms with Crippen LogP contribution in [0, 0.1) is 29.6 Å². The Morgan fingerprint density at radius 1 is 0.368 bits per heavy atom. The van der Waals surface area contributed by atoms with Crippen LogP contribution >= 0.6 is 24.0 Å². The summed E-state index contributed by atoms with van der Waals surface area (Å²) in [5.41, 5.74) is 5.50. The highest BCUT2D eigenvalue weighted by molar-refractivity contribution is 14.0. The van der Waals surface area contributed by atoms with Crippen LogP contribution in [-0.4, -0.2) is 113 Å². The molecule has 0 aromatic heterocycles. The van der Waals surface area contributed by atoms with Gasteiger partial charge in [-0.2, -0.15) is 0 Å². The fraction of sp³-hybridized carbons (Fsp3) is 0.516. The summed E-state index contributed by atoms with van der Waals surface area (Å²) in [7, 11) is 4.79. The van der Waals surface area contributed by atoms with E-state index in [-0.39, 0.29) is 80.2 Å². The molecule has 8 rings (SSSR count). The molecule has 15 atom stereocenters. The van der Waals surface area contributed by atoms with E-state index in [0.29, 0.717) is 58.1 Å². The number of aliphatic hydroxyl groups is 2. The zero-order valence-electron chi connectivity index (χ0n) is 45.0. The number of methoxy groups -OCH3 is 3. The molecule has 3 fully saturated rings. The smallest absolute Gasteiger partial charge is 0.186 e. The van der Waals surface area contributed by atoms with Crippen LogP contribution in [0.1, 0.15) is 69.9 Å². The fourth-order valence-corrected chi connectivity index (χ4v) is 9.21. The van der Waals surface area contributed by atoms with Gasteiger partial charge >= 0.3 is 0 Å². The first-order valence-electron chi connectivity index (χ1n) is 26.1. The van der Waals surface area contributed by atoms with Crippen LogP contribution in [0.25, 0.3) is 0 Å². The lowest BCUT2D eigenvalue weighted by Crippen LogP contribution is -2.45. The van der Waals surface area contributed by atoms with Crippen molar-refractivity contribution in [1.82, 2.24) is 0 Å². The molecular weight excluding hydrogens is 1080 g/mol. The topological polar surface area (TPSA) is 142 Å². The van der Waals surface area contributed by atoms with Crippen molar-refractivity contribution in [3.8, 4) is 0 Å². The Morgan fingerprint density at radius 3 is 0.961 bits per heavy atom. The van der Waals surface area contributed by atoms with E-state index < -0.39 is 37.2 Å². The molecule has 0 aliphatic carbocycles. The molecule has 14 heteroatoms. The number of halogens is 1. The van der Waals surface area contributed by atoms with Gasteiger partial charge in [0, 0.05) is 27.2 Å². The Bertz CT molecular complexity index is 2010. The van der Waals surface area contributed by atoms with Gasteiger partial charge in [-0.25, -0.2) is 0 Å². The van der Waals surface area contributed by atoms with Gasteiger partial charge in [0.15, 0.2) is 18.9 Å². The van der Waals surface area contributed by atoms with Gasteiger partial charge in [0.2, 0.25) is 0 Å². The monoisotopic (exact) mass is 1170 g/mol. The van der Waals surface area contributed by atoms with Crippen molar-refractivity contribution in [2.75, 3.05) is 41.2 Å². The molecule has 0 saturated carbocycles. The van der Waals surface area contributed by atoms with E-state index >= 15 is 0 Å². The van der Waals surface area contributed by atoms with Crippen LogP contribution in [0.5, 0.6) is 0 Å². The Kier molecular flexibility index (Phi) is 29.9. The van der Waals surface area contributed by atoms with Gasteiger partial charge in [0.25, 0.3) is 0 Å². The molecule has 3 aliphatic rings. The van der Waals surface area contributed by atoms with Crippen molar-refractivity contribution in [2.45, 2.75) is 137 Å². The highest BCUT2D eigenvalue weighted by Crippen LogP contribution is 2.33. The molecule has 0 radical (unpaired) electrons. The maximum Gasteiger partial charge on any atom is 0.186 e. The van der Waals surface area contributed by atoms with Gasteiger partial charge in [-0.1, -0.05) is 194 Å². The maximum atomic E-state index is 10.4. The molecule has 13 nitrogen and oxygen atoms in total. The molecule has 0 amide bonds. The summed E-state index contributed by atoms with van der Waals surface area (Å²) in [5.74, 6) is 0.998. The minimum absolute atomic E-state index is 0. The van der Waals surface area contributed by atoms with Gasteiger partial charge in [-0.05, 0) is 51.5 Å². The van der Waals surface area contributed by atoms with Crippen molar-refractivity contribution in [1.29, 1.82) is 0 Å². The highest BCUT2D eigenvalue weighted by Gasteiger charge is 2.43. The Labute approximate surface area is 470 Å². The average molecular weight is 1170 g/mol. The lowest BCUT2D eigenvalue weighted by molar-refractivity contribution is -0.222. The third-order valence-corrected chi connectivity index (χ3v) is 14.4. The molecule has 5 aromatic carbocycles. The lowest BCUT2D eigenvalue weighted by Gasteiger charge is -2.33. The van der Waals surface area contributed by atoms with Gasteiger partial charge in [-0.15, -0.1) is 24.0 Å². The van der Waals surface area contributed by atoms with E-state index in [9.17, 15) is 10.2 Å². The number of ether oxygens (including phenoxy) is 11. The zero-order chi connectivity index (χ0) is 52.7. The molecule has 76 heavy (non-hydrogen) atoms. The van der Waals surface area contributed by atoms with E-state index in [4.69, 9.17) is 52.1 Å². The highest BCUT2D eigenvalue weighted by atomic mass is 127. The minimum Gasteiger partial charge on any atom is -0.390 e. The molecule has 3 aliphatic heterocycles. The van der Waals surface area contributed by atoms with Crippen molar-refractivity contribution in [3.63, 3.8) is 0 Å². The predicted octanol–water partition coefficient (Wildman–Crippen LogP) is 11.1. The van der Waals surface area contributed by atoms with Crippen LogP contribution in [0.3, 0.4) is 0 Å². The minimum atomic E-state index is -0.774. The first-order valence-corrected chi connectivity index (χ1v) is 26.1. The number of aliphatic hydroxyl groups excluding tert-OH is 2. The second kappa shape index (κ2) is 35.0. The Morgan fingerprint density at radius 2 is 0.632 bits per heavy atom. The second-order valence-electron chi connectivity index (χ2n) is 19.7. The molecule has 420 valence electrons. The Balaban J connectivity index is 0.000000246. The molecule has 2 N–H and O–H groups in total. The van der Waals surface area contributed by atoms with Crippen molar-refractivity contribution >= 4 is 24.0 Å². The number of hydrogen-bond donors (Lipinski definition) is 2. The molecule has 0 unspecified atom stereocenters. The van der Waals surface area contributed by atoms with Gasteiger partial charge < -0.3 is 62.3 Å². The zero-order valence-corrected chi connectivity index (χ0v) is 47.4. The van der Waals surface area contributed by atoms with E-state index in [1.54, 1.807) is 21.3 Å². The molecule has 0 spiro atoms. The number of benzene rings is 5. The molecule has 3 saturated heterocycles. The molecular formula is C62H87IO13. The third kappa shape index (κ3) is 19.9. The van der Waals surface area contributed by atoms with Crippen molar-refractivity contribution in [2.24, 2.45) is 29.6 Å². The normalized spacial score (nSPS) is 29.5. The fourth-order valence-electron chi connectivity index (χ4n) is 9.21. The van der Waals surface area contributed by atoms with Crippen LogP contribution in [0.2, 0.25) is 0 Å². The van der Waals surface area contributed by atoms with Gasteiger partial charge in [0.1, 0.15) is 18.3 Å². The Hall–Kier alpha value is -3.69. The number of rotatable bonds is 18. The quantitative estimate of drug-likeness (QED) is 0.0805. The van der Waals surface area contributed by atoms with Crippen LogP contribution < -0.4 is 0 Å². The third-order valence-electron chi connectivity index (χ3n) is 14.4. The molecule has 3 heterocycles. The summed E-state index contributed by atoms with van der Waals surface area (Å²) in [6, 6.07) is 50.3. The average Bonchev–Trinajstić information content (AvgIpc) is 3.69. The first kappa shape index (κ1) is 64.8. The van der Waals surface area contributed by atoms with Gasteiger partial charge in [0.05, 0.1) is 77.3 Å². The summed E-state index contributed by atoms with van der Waals surface area (Å²) in [6.07, 6.45) is -4.60. The molecule has 0 bridgehead atoms. The number of hydrogen-bond acceptors (Lipinski definition) is 13. The summed E-state index contributed by atoms with van der Waals surface area (Å²) in [5, 5.41) is 20.8. The molecule has 5 aromatic rings. The van der Waals surface area contributed by atoms with E-state index in [1.807, 2.05) is 134 Å². The summed E-state index contributed by atoms with van der Waals surface area (Å²) >= 11 is 0. The second-order valence-corrected chi connectivity index (χ2v) is 19.7. The standard InChI is InChI=1S/C23H30O4.C22H28O5.C16H24O4.CH4.HI/c1-17-14-27-23(24-3)22(26-16-20-12-8-5-9-13-20)21(18(17)2)25-15-19-10-6-4-7-11-19;1-16-19(23)15-27-22(24-2)21(26-14-18-11-7-4-8-12-18)20(16)25-13-17-9-5-3-6-10-17;1-11-9-20-16(18-3)14(17)15(12(11)2)19-10-13-7-5-4-6-8-13;;/h4-13,17-18,21-23H,14-16H2,1-3H3;3-12,16,19-23H,13-15H2,1-2H3;4-8,11-12,14-17H,9-10H2,1-3H3;1H4;1H/t17-,18-,21+,22+,23+;16-,19-,20+,21+,22+;11-,12-,14+,15+,16+;;/m111../s1. The maximum absolute atomic E-state index is 10.4. The van der Waals surface area contributed by atoms with E-state index in [2.05, 4.69) is 52.0 Å². The SMILES string of the molecule is C.CO[C@H]1OC[C@@H](C)[C@@H](C)[C@H](OCc2ccccc2)[C@@H]1O.CO[C@H]1OC[C@@H](C)[C@@H](C)[C@H](OCc2ccccc2)[C@@H]1OCc1ccccc1.CO[C@H]1OC[C@@H](O)[C@@H](C)[C@H](OCc2ccccc2)[C@@H]1OCc1ccccc1.I. The predicted molar refractivity (Wildman–Crippen MR) is 305 cm³/mol. The largest absolute Gasteiger partial charge is 0.390 e. The lowest BCUT2D eigenvalue weighted by atomic mass is 9.89. The van der Waals surface area contributed by atoms with E-state index in [0.717, 1.165) is 27.8 Å².